The van der Waals surface area contributed by atoms with Gasteiger partial charge in [0.25, 0.3) is 5.56 Å². The first kappa shape index (κ1) is 14.1. The zero-order chi connectivity index (χ0) is 15.5. The second kappa shape index (κ2) is 5.86. The smallest absolute Gasteiger partial charge is 0.277 e. The van der Waals surface area contributed by atoms with E-state index in [0.717, 1.165) is 24.1 Å². The van der Waals surface area contributed by atoms with Crippen molar-refractivity contribution in [3.63, 3.8) is 0 Å². The molecule has 110 valence electrons. The lowest BCUT2D eigenvalue weighted by Gasteiger charge is -2.07. The molecule has 5 nitrogen and oxygen atoms in total. The number of benzene rings is 1. The molecule has 0 radical (unpaired) electrons. The van der Waals surface area contributed by atoms with E-state index in [1.807, 2.05) is 18.3 Å². The predicted octanol–water partition coefficient (Wildman–Crippen LogP) is 2.37. The fourth-order valence-electron chi connectivity index (χ4n) is 2.53. The average Bonchev–Trinajstić information content (AvgIpc) is 2.95. The van der Waals surface area contributed by atoms with Gasteiger partial charge in [0.2, 0.25) is 0 Å². The lowest BCUT2D eigenvalue weighted by molar-refractivity contribution is 0.751. The Balaban J connectivity index is 2.00. The predicted molar refractivity (Wildman–Crippen MR) is 83.7 cm³/mol. The molecule has 22 heavy (non-hydrogen) atoms. The van der Waals surface area contributed by atoms with Crippen LogP contribution in [0.2, 0.25) is 0 Å². The van der Waals surface area contributed by atoms with Crippen LogP contribution >= 0.6 is 0 Å². The van der Waals surface area contributed by atoms with Gasteiger partial charge in [-0.15, -0.1) is 0 Å². The van der Waals surface area contributed by atoms with E-state index < -0.39 is 0 Å². The van der Waals surface area contributed by atoms with Crippen LogP contribution in [0.5, 0.6) is 0 Å². The van der Waals surface area contributed by atoms with Gasteiger partial charge < -0.3 is 4.57 Å². The molecule has 0 spiro atoms. The summed E-state index contributed by atoms with van der Waals surface area (Å²) < 4.78 is 3.46. The van der Waals surface area contributed by atoms with E-state index in [9.17, 15) is 4.79 Å². The minimum absolute atomic E-state index is 0.0344. The van der Waals surface area contributed by atoms with Crippen molar-refractivity contribution in [2.24, 2.45) is 0 Å². The van der Waals surface area contributed by atoms with Crippen LogP contribution in [0.1, 0.15) is 30.2 Å². The van der Waals surface area contributed by atoms with Crippen molar-refractivity contribution in [3.8, 4) is 6.07 Å². The van der Waals surface area contributed by atoms with E-state index >= 15 is 0 Å². The summed E-state index contributed by atoms with van der Waals surface area (Å²) in [5.41, 5.74) is 3.07. The molecular formula is C17H16N4O. The van der Waals surface area contributed by atoms with Crippen molar-refractivity contribution >= 4 is 5.52 Å². The van der Waals surface area contributed by atoms with E-state index in [-0.39, 0.29) is 5.56 Å². The number of nitriles is 1. The highest BCUT2D eigenvalue weighted by Crippen LogP contribution is 2.09. The first-order valence-corrected chi connectivity index (χ1v) is 7.27. The molecule has 2 aromatic heterocycles. The van der Waals surface area contributed by atoms with Crippen LogP contribution in [-0.4, -0.2) is 14.0 Å². The van der Waals surface area contributed by atoms with Gasteiger partial charge in [-0.05, 0) is 24.1 Å². The maximum atomic E-state index is 12.7. The molecule has 2 heterocycles. The Labute approximate surface area is 128 Å². The van der Waals surface area contributed by atoms with Gasteiger partial charge in [-0.1, -0.05) is 25.5 Å². The maximum absolute atomic E-state index is 12.7. The highest BCUT2D eigenvalue weighted by molar-refractivity contribution is 5.50. The van der Waals surface area contributed by atoms with Crippen LogP contribution in [-0.2, 0) is 13.0 Å². The number of hydrogen-bond donors (Lipinski definition) is 0. The Bertz CT molecular complexity index is 897. The fourth-order valence-corrected chi connectivity index (χ4v) is 2.53. The Kier molecular flexibility index (Phi) is 3.75. The SMILES string of the molecule is CCCc1ncn2ccn(Cc3ccc(C#N)cc3)c(=O)c12. The lowest BCUT2D eigenvalue weighted by atomic mass is 10.1. The number of nitrogens with zero attached hydrogens (tertiary/aromatic N) is 4. The summed E-state index contributed by atoms with van der Waals surface area (Å²) in [5.74, 6) is 0. The van der Waals surface area contributed by atoms with Crippen molar-refractivity contribution in [1.29, 1.82) is 5.26 Å². The van der Waals surface area contributed by atoms with E-state index in [4.69, 9.17) is 5.26 Å². The first-order chi connectivity index (χ1) is 10.7. The number of aryl methyl sites for hydroxylation is 1. The van der Waals surface area contributed by atoms with Crippen molar-refractivity contribution in [2.45, 2.75) is 26.3 Å². The van der Waals surface area contributed by atoms with Crippen molar-refractivity contribution in [3.05, 3.63) is 70.2 Å². The molecule has 3 aromatic rings. The van der Waals surface area contributed by atoms with Gasteiger partial charge in [0.15, 0.2) is 0 Å². The number of hydrogen-bond acceptors (Lipinski definition) is 3. The molecule has 0 unspecified atom stereocenters. The largest absolute Gasteiger partial charge is 0.308 e. The zero-order valence-electron chi connectivity index (χ0n) is 12.4. The van der Waals surface area contributed by atoms with Gasteiger partial charge in [-0.2, -0.15) is 5.26 Å². The van der Waals surface area contributed by atoms with Crippen molar-refractivity contribution < 1.29 is 0 Å². The summed E-state index contributed by atoms with van der Waals surface area (Å²) in [7, 11) is 0. The Morgan fingerprint density at radius 2 is 2.00 bits per heavy atom. The summed E-state index contributed by atoms with van der Waals surface area (Å²) in [5, 5.41) is 8.82. The van der Waals surface area contributed by atoms with Gasteiger partial charge in [0.05, 0.1) is 30.2 Å². The summed E-state index contributed by atoms with van der Waals surface area (Å²) in [4.78, 5) is 17.0. The molecule has 0 amide bonds. The van der Waals surface area contributed by atoms with Crippen LogP contribution < -0.4 is 5.56 Å². The second-order valence-corrected chi connectivity index (χ2v) is 5.24. The van der Waals surface area contributed by atoms with Crippen LogP contribution in [0.15, 0.2) is 47.8 Å². The molecule has 0 aliphatic carbocycles. The van der Waals surface area contributed by atoms with Crippen LogP contribution in [0.4, 0.5) is 0 Å². The van der Waals surface area contributed by atoms with Crippen LogP contribution in [0, 0.1) is 11.3 Å². The molecule has 0 saturated carbocycles. The molecule has 5 heteroatoms. The lowest BCUT2D eigenvalue weighted by Crippen LogP contribution is -2.22. The number of rotatable bonds is 4. The minimum Gasteiger partial charge on any atom is -0.308 e. The zero-order valence-corrected chi connectivity index (χ0v) is 12.4. The van der Waals surface area contributed by atoms with E-state index in [1.54, 1.807) is 33.6 Å². The minimum atomic E-state index is -0.0344. The molecule has 0 aliphatic rings. The summed E-state index contributed by atoms with van der Waals surface area (Å²) >= 11 is 0. The quantitative estimate of drug-likeness (QED) is 0.741. The molecular weight excluding hydrogens is 276 g/mol. The van der Waals surface area contributed by atoms with E-state index in [1.165, 1.54) is 0 Å². The third kappa shape index (κ3) is 2.51. The molecule has 0 N–H and O–H groups in total. The highest BCUT2D eigenvalue weighted by atomic mass is 16.1. The van der Waals surface area contributed by atoms with Crippen molar-refractivity contribution in [1.82, 2.24) is 14.0 Å². The summed E-state index contributed by atoms with van der Waals surface area (Å²) in [6.45, 7) is 2.56. The number of imidazole rings is 1. The molecule has 0 saturated heterocycles. The Morgan fingerprint density at radius 1 is 1.23 bits per heavy atom. The topological polar surface area (TPSA) is 63.1 Å². The molecule has 0 atom stereocenters. The molecule has 1 aromatic carbocycles. The second-order valence-electron chi connectivity index (χ2n) is 5.24. The molecule has 0 aliphatic heterocycles. The van der Waals surface area contributed by atoms with E-state index in [2.05, 4.69) is 18.0 Å². The first-order valence-electron chi connectivity index (χ1n) is 7.27. The molecule has 0 fully saturated rings. The fraction of sp³-hybridized carbons (Fsp3) is 0.235. The van der Waals surface area contributed by atoms with Gasteiger partial charge >= 0.3 is 0 Å². The monoisotopic (exact) mass is 292 g/mol. The molecule has 0 bridgehead atoms. The Hall–Kier alpha value is -2.87. The maximum Gasteiger partial charge on any atom is 0.277 e. The third-order valence-corrected chi connectivity index (χ3v) is 3.66. The normalized spacial score (nSPS) is 10.7. The highest BCUT2D eigenvalue weighted by Gasteiger charge is 2.10. The average molecular weight is 292 g/mol. The molecule has 3 rings (SSSR count). The van der Waals surface area contributed by atoms with Gasteiger partial charge in [-0.3, -0.25) is 9.20 Å². The van der Waals surface area contributed by atoms with Crippen LogP contribution in [0.3, 0.4) is 0 Å². The summed E-state index contributed by atoms with van der Waals surface area (Å²) in [6.07, 6.45) is 7.06. The summed E-state index contributed by atoms with van der Waals surface area (Å²) in [6, 6.07) is 9.37. The van der Waals surface area contributed by atoms with Crippen LogP contribution in [0.25, 0.3) is 5.52 Å². The van der Waals surface area contributed by atoms with Gasteiger partial charge in [0, 0.05) is 12.4 Å². The standard InChI is InChI=1S/C17H16N4O/c1-2-3-15-16-17(22)20(8-9-21(16)12-19-15)11-14-6-4-13(10-18)5-7-14/h4-9,12H,2-3,11H2,1H3. The number of fused-ring (bicyclic) bond motifs is 1. The van der Waals surface area contributed by atoms with Crippen molar-refractivity contribution in [2.75, 3.05) is 0 Å². The van der Waals surface area contributed by atoms with E-state index in [0.29, 0.717) is 17.6 Å². The third-order valence-electron chi connectivity index (χ3n) is 3.66. The van der Waals surface area contributed by atoms with Gasteiger partial charge in [-0.25, -0.2) is 4.98 Å². The Morgan fingerprint density at radius 3 is 2.68 bits per heavy atom. The number of aromatic nitrogens is 3. The van der Waals surface area contributed by atoms with Gasteiger partial charge in [0.1, 0.15) is 5.52 Å².